The SMILES string of the molecule is CC(C)c1ccccc1[C@H]1CCCN1C1CC2(CCN(c3ccc(C(=O)NS(=O)(=O)c4cc5c(c([N+](=O)[O-])c4)N[C@@H](C4CCC(C)(O)CC4)CO5)c(Oc4cc5c(F)c[nH]c5nc4OC4COC4)c3)CC2)C1. The number of aromatic nitrogens is 2. The first-order valence-electron chi connectivity index (χ1n) is 25.4. The molecule has 3 saturated heterocycles. The molecule has 4 aliphatic heterocycles. The van der Waals surface area contributed by atoms with Crippen molar-refractivity contribution < 1.29 is 46.6 Å². The van der Waals surface area contributed by atoms with E-state index in [1.165, 1.54) is 42.3 Å². The monoisotopic (exact) mass is 1010 g/mol. The van der Waals surface area contributed by atoms with Gasteiger partial charge in [-0.05, 0) is 118 Å². The van der Waals surface area contributed by atoms with Crippen LogP contribution in [0.2, 0.25) is 0 Å². The summed E-state index contributed by atoms with van der Waals surface area (Å²) in [5.41, 5.74) is 2.65. The van der Waals surface area contributed by atoms with Gasteiger partial charge in [0.1, 0.15) is 29.9 Å². The maximum absolute atomic E-state index is 15.1. The van der Waals surface area contributed by atoms with E-state index in [-0.39, 0.29) is 75.5 Å². The first-order chi connectivity index (χ1) is 34.5. The van der Waals surface area contributed by atoms with Crippen LogP contribution in [0.3, 0.4) is 0 Å². The Morgan fingerprint density at radius 3 is 2.49 bits per heavy atom. The first-order valence-corrected chi connectivity index (χ1v) is 26.9. The zero-order valence-corrected chi connectivity index (χ0v) is 41.6. The summed E-state index contributed by atoms with van der Waals surface area (Å²) in [4.78, 5) is 37.9. The number of aromatic amines is 1. The Bertz CT molecular complexity index is 3010. The molecule has 2 aromatic heterocycles. The molecule has 382 valence electrons. The molecule has 1 amide bonds. The number of piperidine rings is 1. The topological polar surface area (TPSA) is 211 Å². The van der Waals surface area contributed by atoms with Gasteiger partial charge < -0.3 is 39.3 Å². The number of H-pyrrole nitrogens is 1. The number of rotatable bonds is 13. The van der Waals surface area contributed by atoms with Crippen molar-refractivity contribution in [3.05, 3.63) is 99.5 Å². The van der Waals surface area contributed by atoms with E-state index >= 15 is 4.39 Å². The number of ether oxygens (including phenoxy) is 4. The van der Waals surface area contributed by atoms with Gasteiger partial charge in [-0.25, -0.2) is 17.5 Å². The van der Waals surface area contributed by atoms with Gasteiger partial charge in [0.2, 0.25) is 0 Å². The molecule has 5 fully saturated rings. The largest absolute Gasteiger partial charge is 0.489 e. The van der Waals surface area contributed by atoms with E-state index in [9.17, 15) is 28.4 Å². The number of halogens is 1. The zero-order chi connectivity index (χ0) is 50.1. The fourth-order valence-electron chi connectivity index (χ4n) is 12.1. The highest BCUT2D eigenvalue weighted by Crippen LogP contribution is 2.55. The van der Waals surface area contributed by atoms with Gasteiger partial charge in [0.15, 0.2) is 17.2 Å². The molecule has 2 atom stereocenters. The van der Waals surface area contributed by atoms with E-state index < -0.39 is 42.9 Å². The van der Waals surface area contributed by atoms with E-state index in [4.69, 9.17) is 18.9 Å². The standard InChI is InChI=1S/C53H62FN7O10S/c1-31(2)37-7-4-5-8-38(37)43-9-6-18-60(43)34-25-53(26-34)16-19-59(20-17-53)33-10-11-39(45(21-33)71-47-24-40-41(54)27-55-49(40)57-51(47)70-35-28-68-29-35)50(62)58-72(66,67)36-22-44(61(64)65)48-46(23-36)69-30-42(56-48)32-12-14-52(3,63)15-13-32/h4-5,7-8,10-11,21-24,27,31-32,34-35,42-43,56,63H,6,9,12-20,25-26,28-30H2,1-3H3,(H,55,57)(H,58,62)/t32?,42-,43-,52?/m1/s1. The lowest BCUT2D eigenvalue weighted by Crippen LogP contribution is -2.54. The van der Waals surface area contributed by atoms with E-state index in [0.717, 1.165) is 63.1 Å². The number of hydrogen-bond donors (Lipinski definition) is 4. The quantitative estimate of drug-likeness (QED) is 0.0641. The summed E-state index contributed by atoms with van der Waals surface area (Å²) in [5.74, 6) is -1.20. The Morgan fingerprint density at radius 1 is 1.00 bits per heavy atom. The van der Waals surface area contributed by atoms with Gasteiger partial charge >= 0.3 is 0 Å². The first kappa shape index (κ1) is 48.3. The van der Waals surface area contributed by atoms with Gasteiger partial charge in [-0.3, -0.25) is 19.8 Å². The number of pyridine rings is 1. The second-order valence-corrected chi connectivity index (χ2v) is 23.2. The number of hydrogen-bond acceptors (Lipinski definition) is 14. The number of benzene rings is 3. The molecular weight excluding hydrogens is 946 g/mol. The molecule has 3 aromatic carbocycles. The number of amides is 1. The van der Waals surface area contributed by atoms with E-state index in [1.54, 1.807) is 19.1 Å². The van der Waals surface area contributed by atoms with Gasteiger partial charge in [0.25, 0.3) is 27.5 Å². The number of nitrogens with one attached hydrogen (secondary N) is 3. The highest BCUT2D eigenvalue weighted by molar-refractivity contribution is 7.90. The van der Waals surface area contributed by atoms with Crippen LogP contribution in [0.15, 0.2) is 71.8 Å². The predicted molar refractivity (Wildman–Crippen MR) is 267 cm³/mol. The summed E-state index contributed by atoms with van der Waals surface area (Å²) >= 11 is 0. The van der Waals surface area contributed by atoms with Crippen molar-refractivity contribution in [1.29, 1.82) is 0 Å². The van der Waals surface area contributed by atoms with Crippen LogP contribution >= 0.6 is 0 Å². The molecule has 4 N–H and O–H groups in total. The third kappa shape index (κ3) is 9.32. The van der Waals surface area contributed by atoms with Gasteiger partial charge in [-0.1, -0.05) is 38.1 Å². The summed E-state index contributed by atoms with van der Waals surface area (Å²) in [6.07, 6.45) is 9.96. The fourth-order valence-corrected chi connectivity index (χ4v) is 13.1. The van der Waals surface area contributed by atoms with Crippen molar-refractivity contribution >= 4 is 44.0 Å². The Kier molecular flexibility index (Phi) is 12.6. The molecule has 6 aliphatic rings. The number of fused-ring (bicyclic) bond motifs is 2. The maximum Gasteiger partial charge on any atom is 0.297 e. The Labute approximate surface area is 418 Å². The minimum Gasteiger partial charge on any atom is -0.489 e. The van der Waals surface area contributed by atoms with Gasteiger partial charge in [-0.15, -0.1) is 0 Å². The molecule has 1 spiro atoms. The van der Waals surface area contributed by atoms with Crippen LogP contribution in [0.5, 0.6) is 23.1 Å². The predicted octanol–water partition coefficient (Wildman–Crippen LogP) is 9.12. The Hall–Kier alpha value is -6.02. The average molecular weight is 1010 g/mol. The van der Waals surface area contributed by atoms with Crippen LogP contribution in [0.4, 0.5) is 21.5 Å². The van der Waals surface area contributed by atoms with Crippen molar-refractivity contribution in [3.8, 4) is 23.1 Å². The molecule has 0 radical (unpaired) electrons. The van der Waals surface area contributed by atoms with E-state index in [1.807, 2.05) is 0 Å². The summed E-state index contributed by atoms with van der Waals surface area (Å²) in [6, 6.07) is 18.0. The number of nitro benzene ring substituents is 1. The Morgan fingerprint density at radius 2 is 1.76 bits per heavy atom. The smallest absolute Gasteiger partial charge is 0.297 e. The second-order valence-electron chi connectivity index (χ2n) is 21.5. The molecule has 17 nitrogen and oxygen atoms in total. The maximum atomic E-state index is 15.1. The molecule has 0 unspecified atom stereocenters. The average Bonchev–Trinajstić information content (AvgIpc) is 3.97. The summed E-state index contributed by atoms with van der Waals surface area (Å²) < 4.78 is 69.4. The third-order valence-electron chi connectivity index (χ3n) is 16.3. The van der Waals surface area contributed by atoms with Gasteiger partial charge in [0.05, 0.1) is 45.6 Å². The minimum absolute atomic E-state index is 0.0110. The van der Waals surface area contributed by atoms with Gasteiger partial charge in [-0.2, -0.15) is 4.98 Å². The highest BCUT2D eigenvalue weighted by atomic mass is 32.2. The summed E-state index contributed by atoms with van der Waals surface area (Å²) in [5, 5.41) is 26.3. The summed E-state index contributed by atoms with van der Waals surface area (Å²) in [7, 11) is -4.77. The molecule has 11 rings (SSSR count). The van der Waals surface area contributed by atoms with Crippen LogP contribution in [-0.4, -0.2) is 102 Å². The molecule has 72 heavy (non-hydrogen) atoms. The molecule has 6 heterocycles. The van der Waals surface area contributed by atoms with E-state index in [2.05, 4.69) is 67.9 Å². The minimum atomic E-state index is -4.77. The molecule has 0 bridgehead atoms. The second kappa shape index (κ2) is 18.8. The number of nitro groups is 1. The van der Waals surface area contributed by atoms with Crippen molar-refractivity contribution in [2.75, 3.05) is 49.7 Å². The third-order valence-corrected chi connectivity index (χ3v) is 17.7. The number of carbonyl (C=O) groups excluding carboxylic acids is 1. The number of carbonyl (C=O) groups is 1. The molecule has 19 heteroatoms. The molecular formula is C53H62FN7O10S. The molecule has 2 aliphatic carbocycles. The number of likely N-dealkylation sites (tertiary alicyclic amines) is 1. The summed E-state index contributed by atoms with van der Waals surface area (Å²) in [6.45, 7) is 9.68. The van der Waals surface area contributed by atoms with Gasteiger partial charge in [0, 0.05) is 61.3 Å². The normalized spacial score (nSPS) is 24.5. The highest BCUT2D eigenvalue weighted by Gasteiger charge is 2.50. The van der Waals surface area contributed by atoms with Crippen LogP contribution in [0.1, 0.15) is 118 Å². The zero-order valence-electron chi connectivity index (χ0n) is 40.8. The Balaban J connectivity index is 0.846. The van der Waals surface area contributed by atoms with Crippen molar-refractivity contribution in [1.82, 2.24) is 19.6 Å². The molecule has 5 aromatic rings. The van der Waals surface area contributed by atoms with Crippen molar-refractivity contribution in [2.45, 2.75) is 126 Å². The number of nitrogens with zero attached hydrogens (tertiary/aromatic N) is 4. The lowest BCUT2D eigenvalue weighted by Gasteiger charge is -2.56. The molecule has 2 saturated carbocycles. The van der Waals surface area contributed by atoms with Crippen molar-refractivity contribution in [2.24, 2.45) is 11.3 Å². The van der Waals surface area contributed by atoms with E-state index in [0.29, 0.717) is 56.9 Å². The van der Waals surface area contributed by atoms with Crippen LogP contribution < -0.4 is 29.1 Å². The van der Waals surface area contributed by atoms with Crippen LogP contribution in [0, 0.1) is 27.3 Å². The number of anilines is 2. The van der Waals surface area contributed by atoms with Crippen LogP contribution in [-0.2, 0) is 14.8 Å². The fraction of sp³-hybridized carbons (Fsp3) is 0.509. The number of sulfonamides is 1. The number of aliphatic hydroxyl groups is 1. The van der Waals surface area contributed by atoms with Crippen molar-refractivity contribution in [3.63, 3.8) is 0 Å². The van der Waals surface area contributed by atoms with Crippen LogP contribution in [0.25, 0.3) is 11.0 Å². The lowest BCUT2D eigenvalue weighted by molar-refractivity contribution is -0.384. The lowest BCUT2D eigenvalue weighted by atomic mass is 9.59.